The van der Waals surface area contributed by atoms with E-state index in [2.05, 4.69) is 5.10 Å². The Balaban J connectivity index is 2.57. The summed E-state index contributed by atoms with van der Waals surface area (Å²) < 4.78 is 1.44. The first-order valence-electron chi connectivity index (χ1n) is 5.12. The SMILES string of the molecule is Cc1ccc(-n2[nH]c(C)c(CO)c2=O)cc1. The molecule has 0 fully saturated rings. The number of aliphatic hydroxyl groups is 1. The standard InChI is InChI=1S/C12H14N2O2/c1-8-3-5-10(6-4-8)14-12(16)11(7-15)9(2)13-14/h3-6,13,15H,7H2,1-2H3. The van der Waals surface area contributed by atoms with Crippen LogP contribution in [-0.2, 0) is 6.61 Å². The molecule has 84 valence electrons. The summed E-state index contributed by atoms with van der Waals surface area (Å²) in [6.07, 6.45) is 0. The zero-order valence-corrected chi connectivity index (χ0v) is 9.32. The molecule has 0 bridgehead atoms. The van der Waals surface area contributed by atoms with E-state index in [1.807, 2.05) is 31.2 Å². The molecule has 0 amide bonds. The molecule has 2 aromatic rings. The zero-order valence-electron chi connectivity index (χ0n) is 9.32. The fraction of sp³-hybridized carbons (Fsp3) is 0.250. The lowest BCUT2D eigenvalue weighted by Crippen LogP contribution is -2.17. The number of aromatic amines is 1. The molecule has 0 spiro atoms. The lowest BCUT2D eigenvalue weighted by atomic mass is 10.2. The molecule has 1 aromatic carbocycles. The highest BCUT2D eigenvalue weighted by Crippen LogP contribution is 2.08. The van der Waals surface area contributed by atoms with E-state index in [1.54, 1.807) is 6.92 Å². The minimum atomic E-state index is -0.236. The van der Waals surface area contributed by atoms with Gasteiger partial charge in [0.05, 0.1) is 17.9 Å². The first-order chi connectivity index (χ1) is 7.63. The van der Waals surface area contributed by atoms with Gasteiger partial charge in [-0.25, -0.2) is 4.68 Å². The molecule has 1 heterocycles. The minimum Gasteiger partial charge on any atom is -0.391 e. The minimum absolute atomic E-state index is 0.191. The van der Waals surface area contributed by atoms with Crippen LogP contribution in [0.4, 0.5) is 0 Å². The van der Waals surface area contributed by atoms with E-state index in [1.165, 1.54) is 4.68 Å². The summed E-state index contributed by atoms with van der Waals surface area (Å²) in [7, 11) is 0. The van der Waals surface area contributed by atoms with Crippen LogP contribution >= 0.6 is 0 Å². The predicted molar refractivity (Wildman–Crippen MR) is 61.8 cm³/mol. The molecule has 0 saturated carbocycles. The quantitative estimate of drug-likeness (QED) is 0.797. The predicted octanol–water partition coefficient (Wildman–Crippen LogP) is 1.27. The first kappa shape index (κ1) is 10.7. The summed E-state index contributed by atoms with van der Waals surface area (Å²) in [4.78, 5) is 11.9. The molecule has 0 atom stereocenters. The molecule has 1 aromatic heterocycles. The van der Waals surface area contributed by atoms with Crippen LogP contribution in [0.2, 0.25) is 0 Å². The fourth-order valence-electron chi connectivity index (χ4n) is 1.64. The van der Waals surface area contributed by atoms with Crippen molar-refractivity contribution in [2.75, 3.05) is 0 Å². The lowest BCUT2D eigenvalue weighted by molar-refractivity contribution is 0.280. The molecule has 0 unspecified atom stereocenters. The Morgan fingerprint density at radius 3 is 2.38 bits per heavy atom. The number of aromatic nitrogens is 2. The van der Waals surface area contributed by atoms with Crippen molar-refractivity contribution in [1.29, 1.82) is 0 Å². The van der Waals surface area contributed by atoms with Crippen molar-refractivity contribution in [1.82, 2.24) is 9.78 Å². The average Bonchev–Trinajstić information content (AvgIpc) is 2.55. The van der Waals surface area contributed by atoms with E-state index >= 15 is 0 Å². The van der Waals surface area contributed by atoms with Gasteiger partial charge >= 0.3 is 0 Å². The number of nitrogens with one attached hydrogen (secondary N) is 1. The van der Waals surface area contributed by atoms with Crippen LogP contribution in [0.5, 0.6) is 0 Å². The molecule has 0 aliphatic carbocycles. The van der Waals surface area contributed by atoms with Crippen LogP contribution in [-0.4, -0.2) is 14.9 Å². The summed E-state index contributed by atoms with van der Waals surface area (Å²) >= 11 is 0. The van der Waals surface area contributed by atoms with Crippen molar-refractivity contribution in [3.8, 4) is 5.69 Å². The highest BCUT2D eigenvalue weighted by Gasteiger charge is 2.10. The molecular weight excluding hydrogens is 204 g/mol. The van der Waals surface area contributed by atoms with E-state index in [0.29, 0.717) is 11.3 Å². The highest BCUT2D eigenvalue weighted by molar-refractivity contribution is 5.35. The van der Waals surface area contributed by atoms with Gasteiger partial charge in [-0.2, -0.15) is 0 Å². The zero-order chi connectivity index (χ0) is 11.7. The maximum Gasteiger partial charge on any atom is 0.277 e. The van der Waals surface area contributed by atoms with Crippen LogP contribution < -0.4 is 5.56 Å². The Labute approximate surface area is 93.1 Å². The Bertz CT molecular complexity index is 549. The summed E-state index contributed by atoms with van der Waals surface area (Å²) in [5.74, 6) is 0. The molecule has 2 N–H and O–H groups in total. The van der Waals surface area contributed by atoms with Crippen LogP contribution in [0, 0.1) is 13.8 Å². The first-order valence-corrected chi connectivity index (χ1v) is 5.12. The number of benzene rings is 1. The summed E-state index contributed by atoms with van der Waals surface area (Å²) in [5, 5.41) is 12.0. The Morgan fingerprint density at radius 1 is 1.25 bits per heavy atom. The highest BCUT2D eigenvalue weighted by atomic mass is 16.3. The molecule has 2 rings (SSSR count). The number of nitrogens with zero attached hydrogens (tertiary/aromatic N) is 1. The van der Waals surface area contributed by atoms with Crippen LogP contribution in [0.25, 0.3) is 5.69 Å². The maximum absolute atomic E-state index is 11.9. The number of hydrogen-bond donors (Lipinski definition) is 2. The lowest BCUT2D eigenvalue weighted by Gasteiger charge is -2.01. The second kappa shape index (κ2) is 3.98. The number of aryl methyl sites for hydroxylation is 2. The Kier molecular flexibility index (Phi) is 2.66. The third-order valence-corrected chi connectivity index (χ3v) is 2.64. The van der Waals surface area contributed by atoms with Crippen molar-refractivity contribution in [2.24, 2.45) is 0 Å². The topological polar surface area (TPSA) is 58.0 Å². The van der Waals surface area contributed by atoms with E-state index in [9.17, 15) is 4.79 Å². The summed E-state index contributed by atoms with van der Waals surface area (Å²) in [5.41, 5.74) is 2.85. The Hall–Kier alpha value is -1.81. The molecule has 0 aliphatic heterocycles. The van der Waals surface area contributed by atoms with Gasteiger partial charge in [0.1, 0.15) is 0 Å². The van der Waals surface area contributed by atoms with Crippen molar-refractivity contribution in [3.05, 3.63) is 51.4 Å². The largest absolute Gasteiger partial charge is 0.391 e. The number of aliphatic hydroxyl groups excluding tert-OH is 1. The Morgan fingerprint density at radius 2 is 1.88 bits per heavy atom. The maximum atomic E-state index is 11.9. The fourth-order valence-corrected chi connectivity index (χ4v) is 1.64. The van der Waals surface area contributed by atoms with Crippen molar-refractivity contribution in [2.45, 2.75) is 20.5 Å². The molecular formula is C12H14N2O2. The van der Waals surface area contributed by atoms with Gasteiger partial charge in [0.15, 0.2) is 0 Å². The van der Waals surface area contributed by atoms with Gasteiger partial charge in [0.25, 0.3) is 5.56 Å². The van der Waals surface area contributed by atoms with Gasteiger partial charge in [0, 0.05) is 5.69 Å². The van der Waals surface area contributed by atoms with Crippen molar-refractivity contribution in [3.63, 3.8) is 0 Å². The monoisotopic (exact) mass is 218 g/mol. The third-order valence-electron chi connectivity index (χ3n) is 2.64. The van der Waals surface area contributed by atoms with Gasteiger partial charge in [-0.3, -0.25) is 9.89 Å². The number of H-pyrrole nitrogens is 1. The molecule has 4 heteroatoms. The van der Waals surface area contributed by atoms with E-state index in [0.717, 1.165) is 11.3 Å². The number of rotatable bonds is 2. The molecule has 0 saturated heterocycles. The second-order valence-electron chi connectivity index (χ2n) is 3.85. The van der Waals surface area contributed by atoms with Gasteiger partial charge in [-0.05, 0) is 26.0 Å². The van der Waals surface area contributed by atoms with Crippen LogP contribution in [0.1, 0.15) is 16.8 Å². The third kappa shape index (κ3) is 1.67. The summed E-state index contributed by atoms with van der Waals surface area (Å²) in [6, 6.07) is 7.62. The molecule has 0 radical (unpaired) electrons. The van der Waals surface area contributed by atoms with Crippen LogP contribution in [0.3, 0.4) is 0 Å². The normalized spacial score (nSPS) is 10.7. The average molecular weight is 218 g/mol. The van der Waals surface area contributed by atoms with Gasteiger partial charge < -0.3 is 5.11 Å². The molecule has 0 aliphatic rings. The second-order valence-corrected chi connectivity index (χ2v) is 3.85. The van der Waals surface area contributed by atoms with Gasteiger partial charge in [-0.1, -0.05) is 17.7 Å². The summed E-state index contributed by atoms with van der Waals surface area (Å²) in [6.45, 7) is 3.53. The molecule has 4 nitrogen and oxygen atoms in total. The smallest absolute Gasteiger partial charge is 0.277 e. The van der Waals surface area contributed by atoms with Crippen molar-refractivity contribution < 1.29 is 5.11 Å². The van der Waals surface area contributed by atoms with E-state index in [-0.39, 0.29) is 12.2 Å². The van der Waals surface area contributed by atoms with Crippen LogP contribution in [0.15, 0.2) is 29.1 Å². The number of hydrogen-bond acceptors (Lipinski definition) is 2. The molecule has 16 heavy (non-hydrogen) atoms. The van der Waals surface area contributed by atoms with E-state index < -0.39 is 0 Å². The van der Waals surface area contributed by atoms with Gasteiger partial charge in [-0.15, -0.1) is 0 Å². The van der Waals surface area contributed by atoms with Gasteiger partial charge in [0.2, 0.25) is 0 Å². The van der Waals surface area contributed by atoms with Crippen molar-refractivity contribution >= 4 is 0 Å². The van der Waals surface area contributed by atoms with E-state index in [4.69, 9.17) is 5.11 Å².